The average Bonchev–Trinajstić information content (AvgIpc) is 3.10. The molecule has 1 aromatic heterocycles. The molecule has 4 nitrogen and oxygen atoms in total. The summed E-state index contributed by atoms with van der Waals surface area (Å²) in [4.78, 5) is 0. The molecule has 1 aromatic carbocycles. The van der Waals surface area contributed by atoms with Crippen molar-refractivity contribution in [3.63, 3.8) is 0 Å². The maximum absolute atomic E-state index is 5.62. The number of hydrogen-bond acceptors (Lipinski definition) is 3. The van der Waals surface area contributed by atoms with E-state index in [0.717, 1.165) is 36.3 Å². The smallest absolute Gasteiger partial charge is 0.0771 e. The molecule has 0 radical (unpaired) electrons. The number of nitrogens with one attached hydrogen (secondary N) is 1. The highest BCUT2D eigenvalue weighted by atomic mass is 79.9. The summed E-state index contributed by atoms with van der Waals surface area (Å²) in [5.41, 5.74) is 2.28. The lowest BCUT2D eigenvalue weighted by molar-refractivity contribution is 0.0940. The molecule has 0 aliphatic carbocycles. The van der Waals surface area contributed by atoms with Gasteiger partial charge < -0.3 is 10.1 Å². The molecule has 106 valence electrons. The van der Waals surface area contributed by atoms with Gasteiger partial charge >= 0.3 is 0 Å². The first-order chi connectivity index (χ1) is 9.81. The average molecular weight is 336 g/mol. The summed E-state index contributed by atoms with van der Waals surface area (Å²) in [7, 11) is 0. The van der Waals surface area contributed by atoms with Gasteiger partial charge in [0.2, 0.25) is 0 Å². The van der Waals surface area contributed by atoms with Crippen molar-refractivity contribution in [3.05, 3.63) is 46.7 Å². The SMILES string of the molecule is Brc1ccccc1CNc1cnn(CC2CCCO2)c1. The van der Waals surface area contributed by atoms with Gasteiger partial charge in [0.05, 0.1) is 24.5 Å². The molecule has 0 bridgehead atoms. The first kappa shape index (κ1) is 13.6. The van der Waals surface area contributed by atoms with Crippen LogP contribution in [0.5, 0.6) is 0 Å². The number of halogens is 1. The molecule has 1 unspecified atom stereocenters. The summed E-state index contributed by atoms with van der Waals surface area (Å²) in [5, 5.41) is 7.77. The summed E-state index contributed by atoms with van der Waals surface area (Å²) in [5.74, 6) is 0. The van der Waals surface area contributed by atoms with E-state index >= 15 is 0 Å². The molecule has 0 spiro atoms. The normalized spacial score (nSPS) is 18.4. The van der Waals surface area contributed by atoms with Gasteiger partial charge in [-0.2, -0.15) is 5.10 Å². The zero-order chi connectivity index (χ0) is 13.8. The zero-order valence-corrected chi connectivity index (χ0v) is 12.8. The number of hydrogen-bond donors (Lipinski definition) is 1. The van der Waals surface area contributed by atoms with Crippen LogP contribution < -0.4 is 5.32 Å². The Balaban J connectivity index is 1.56. The van der Waals surface area contributed by atoms with Crippen LogP contribution in [-0.2, 0) is 17.8 Å². The Morgan fingerprint density at radius 1 is 1.40 bits per heavy atom. The summed E-state index contributed by atoms with van der Waals surface area (Å²) < 4.78 is 8.70. The molecule has 2 aromatic rings. The Bertz CT molecular complexity index is 564. The van der Waals surface area contributed by atoms with Gasteiger partial charge in [0.1, 0.15) is 0 Å². The first-order valence-electron chi connectivity index (χ1n) is 6.92. The van der Waals surface area contributed by atoms with E-state index in [2.05, 4.69) is 38.5 Å². The highest BCUT2D eigenvalue weighted by Crippen LogP contribution is 2.18. The van der Waals surface area contributed by atoms with Gasteiger partial charge in [0.25, 0.3) is 0 Å². The molecule has 0 amide bonds. The number of aromatic nitrogens is 2. The van der Waals surface area contributed by atoms with Crippen LogP contribution in [0.2, 0.25) is 0 Å². The van der Waals surface area contributed by atoms with Gasteiger partial charge in [0.15, 0.2) is 0 Å². The van der Waals surface area contributed by atoms with Crippen LogP contribution in [0.1, 0.15) is 18.4 Å². The molecule has 2 heterocycles. The molecule has 1 N–H and O–H groups in total. The van der Waals surface area contributed by atoms with E-state index < -0.39 is 0 Å². The van der Waals surface area contributed by atoms with Gasteiger partial charge in [-0.25, -0.2) is 0 Å². The molecular weight excluding hydrogens is 318 g/mol. The Morgan fingerprint density at radius 2 is 2.30 bits per heavy atom. The highest BCUT2D eigenvalue weighted by Gasteiger charge is 2.16. The fourth-order valence-corrected chi connectivity index (χ4v) is 2.82. The van der Waals surface area contributed by atoms with Gasteiger partial charge in [-0.3, -0.25) is 4.68 Å². The Labute approximate surface area is 127 Å². The molecule has 1 saturated heterocycles. The van der Waals surface area contributed by atoms with E-state index in [9.17, 15) is 0 Å². The molecule has 5 heteroatoms. The molecule has 0 saturated carbocycles. The zero-order valence-electron chi connectivity index (χ0n) is 11.3. The second-order valence-electron chi connectivity index (χ2n) is 5.03. The largest absolute Gasteiger partial charge is 0.378 e. The Hall–Kier alpha value is -1.33. The summed E-state index contributed by atoms with van der Waals surface area (Å²) in [6.07, 6.45) is 6.54. The van der Waals surface area contributed by atoms with Crippen LogP contribution in [0.4, 0.5) is 5.69 Å². The minimum atomic E-state index is 0.325. The third-order valence-electron chi connectivity index (χ3n) is 3.49. The monoisotopic (exact) mass is 335 g/mol. The lowest BCUT2D eigenvalue weighted by Gasteiger charge is -2.08. The van der Waals surface area contributed by atoms with Gasteiger partial charge in [-0.05, 0) is 24.5 Å². The van der Waals surface area contributed by atoms with Gasteiger partial charge in [-0.15, -0.1) is 0 Å². The van der Waals surface area contributed by atoms with Crippen molar-refractivity contribution in [2.24, 2.45) is 0 Å². The van der Waals surface area contributed by atoms with Crippen molar-refractivity contribution >= 4 is 21.6 Å². The second kappa shape index (κ2) is 6.41. The van der Waals surface area contributed by atoms with Gasteiger partial charge in [-0.1, -0.05) is 34.1 Å². The summed E-state index contributed by atoms with van der Waals surface area (Å²) >= 11 is 3.56. The number of rotatable bonds is 5. The van der Waals surface area contributed by atoms with Crippen LogP contribution in [0.3, 0.4) is 0 Å². The molecular formula is C15H18BrN3O. The van der Waals surface area contributed by atoms with Crippen molar-refractivity contribution in [1.82, 2.24) is 9.78 Å². The van der Waals surface area contributed by atoms with Gasteiger partial charge in [0, 0.05) is 23.8 Å². The third-order valence-corrected chi connectivity index (χ3v) is 4.26. The van der Waals surface area contributed by atoms with Crippen molar-refractivity contribution in [3.8, 4) is 0 Å². The predicted octanol–water partition coefficient (Wildman–Crippen LogP) is 3.44. The fraction of sp³-hybridized carbons (Fsp3) is 0.400. The number of benzene rings is 1. The number of anilines is 1. The molecule has 1 fully saturated rings. The number of ether oxygens (including phenoxy) is 1. The van der Waals surface area contributed by atoms with E-state index in [-0.39, 0.29) is 0 Å². The molecule has 1 aliphatic heterocycles. The maximum Gasteiger partial charge on any atom is 0.0771 e. The standard InChI is InChI=1S/C15H18BrN3O/c16-15-6-2-1-4-12(15)8-17-13-9-18-19(10-13)11-14-5-3-7-20-14/h1-2,4,6,9-10,14,17H,3,5,7-8,11H2. The maximum atomic E-state index is 5.62. The van der Waals surface area contributed by atoms with E-state index in [1.165, 1.54) is 12.0 Å². The van der Waals surface area contributed by atoms with E-state index in [0.29, 0.717) is 6.10 Å². The topological polar surface area (TPSA) is 39.1 Å². The summed E-state index contributed by atoms with van der Waals surface area (Å²) in [6, 6.07) is 8.22. The Kier molecular flexibility index (Phi) is 4.38. The van der Waals surface area contributed by atoms with Crippen LogP contribution in [0.15, 0.2) is 41.1 Å². The predicted molar refractivity (Wildman–Crippen MR) is 82.7 cm³/mol. The minimum absolute atomic E-state index is 0.325. The highest BCUT2D eigenvalue weighted by molar-refractivity contribution is 9.10. The quantitative estimate of drug-likeness (QED) is 0.909. The first-order valence-corrected chi connectivity index (χ1v) is 7.72. The third kappa shape index (κ3) is 3.41. The minimum Gasteiger partial charge on any atom is -0.378 e. The fourth-order valence-electron chi connectivity index (χ4n) is 2.39. The molecule has 20 heavy (non-hydrogen) atoms. The van der Waals surface area contributed by atoms with Crippen LogP contribution in [0, 0.1) is 0 Å². The number of nitrogens with zero attached hydrogens (tertiary/aromatic N) is 2. The van der Waals surface area contributed by atoms with E-state index in [1.54, 1.807) is 0 Å². The lowest BCUT2D eigenvalue weighted by Crippen LogP contribution is -2.15. The van der Waals surface area contributed by atoms with E-state index in [1.807, 2.05) is 29.2 Å². The van der Waals surface area contributed by atoms with Crippen molar-refractivity contribution in [2.45, 2.75) is 32.0 Å². The molecule has 1 atom stereocenters. The summed E-state index contributed by atoms with van der Waals surface area (Å²) in [6.45, 7) is 2.52. The van der Waals surface area contributed by atoms with Crippen LogP contribution in [-0.4, -0.2) is 22.5 Å². The van der Waals surface area contributed by atoms with E-state index in [4.69, 9.17) is 4.74 Å². The second-order valence-corrected chi connectivity index (χ2v) is 5.89. The van der Waals surface area contributed by atoms with Crippen LogP contribution in [0.25, 0.3) is 0 Å². The lowest BCUT2D eigenvalue weighted by atomic mass is 10.2. The van der Waals surface area contributed by atoms with Crippen molar-refractivity contribution in [1.29, 1.82) is 0 Å². The molecule has 3 rings (SSSR count). The Morgan fingerprint density at radius 3 is 3.10 bits per heavy atom. The van der Waals surface area contributed by atoms with Crippen molar-refractivity contribution in [2.75, 3.05) is 11.9 Å². The molecule has 1 aliphatic rings. The van der Waals surface area contributed by atoms with Crippen LogP contribution >= 0.6 is 15.9 Å². The van der Waals surface area contributed by atoms with Crippen molar-refractivity contribution < 1.29 is 4.74 Å².